The molecular weight excluding hydrogens is 544 g/mol. The number of para-hydroxylation sites is 4. The van der Waals surface area contributed by atoms with Crippen molar-refractivity contribution < 1.29 is 9.59 Å². The molecule has 0 radical (unpaired) electrons. The van der Waals surface area contributed by atoms with Gasteiger partial charge in [0.05, 0.1) is 22.1 Å². The Labute approximate surface area is 254 Å². The van der Waals surface area contributed by atoms with E-state index in [9.17, 15) is 9.59 Å². The van der Waals surface area contributed by atoms with Crippen LogP contribution in [-0.2, 0) is 4.79 Å². The molecule has 1 aliphatic carbocycles. The van der Waals surface area contributed by atoms with Crippen molar-refractivity contribution in [1.82, 2.24) is 20.0 Å². The molecule has 0 aliphatic heterocycles. The Bertz CT molecular complexity index is 1980. The number of amides is 2. The van der Waals surface area contributed by atoms with Crippen molar-refractivity contribution in [3.05, 3.63) is 121 Å². The first-order valence-corrected chi connectivity index (χ1v) is 15.4. The van der Waals surface area contributed by atoms with Gasteiger partial charge in [0.1, 0.15) is 0 Å². The van der Waals surface area contributed by atoms with Crippen LogP contribution in [-0.4, -0.2) is 20.9 Å². The zero-order valence-corrected chi connectivity index (χ0v) is 24.3. The number of hydrazine groups is 1. The highest BCUT2D eigenvalue weighted by molar-refractivity contribution is 6.11. The number of rotatable bonds is 4. The minimum Gasteiger partial charge on any atom is -0.309 e. The van der Waals surface area contributed by atoms with Gasteiger partial charge in [-0.1, -0.05) is 92.1 Å². The highest BCUT2D eigenvalue weighted by atomic mass is 16.2. The van der Waals surface area contributed by atoms with Crippen molar-refractivity contribution in [2.45, 2.75) is 32.1 Å². The molecule has 44 heavy (non-hydrogen) atoms. The van der Waals surface area contributed by atoms with E-state index >= 15 is 0 Å². The van der Waals surface area contributed by atoms with Crippen LogP contribution in [0.3, 0.4) is 0 Å². The highest BCUT2D eigenvalue weighted by Crippen LogP contribution is 2.36. The van der Waals surface area contributed by atoms with Crippen molar-refractivity contribution in [3.63, 3.8) is 0 Å². The fraction of sp³-hybridized carbons (Fsp3) is 0.158. The smallest absolute Gasteiger partial charge is 0.269 e. The minimum absolute atomic E-state index is 0.0545. The number of carbonyl (C=O) groups is 2. The Hall–Kier alpha value is -5.36. The van der Waals surface area contributed by atoms with Gasteiger partial charge in [-0.15, -0.1) is 0 Å². The second-order valence-electron chi connectivity index (χ2n) is 11.8. The molecular formula is C38H32N4O2. The third kappa shape index (κ3) is 4.33. The lowest BCUT2D eigenvalue weighted by molar-refractivity contribution is -0.126. The van der Waals surface area contributed by atoms with Crippen LogP contribution in [0.2, 0.25) is 0 Å². The van der Waals surface area contributed by atoms with Crippen molar-refractivity contribution in [1.29, 1.82) is 0 Å². The molecule has 2 amide bonds. The van der Waals surface area contributed by atoms with E-state index in [1.165, 1.54) is 0 Å². The van der Waals surface area contributed by atoms with Crippen LogP contribution in [0.15, 0.2) is 115 Å². The molecule has 0 atom stereocenters. The fourth-order valence-corrected chi connectivity index (χ4v) is 7.04. The molecule has 8 rings (SSSR count). The van der Waals surface area contributed by atoms with Gasteiger partial charge in [0.15, 0.2) is 0 Å². The van der Waals surface area contributed by atoms with Crippen molar-refractivity contribution >= 4 is 55.4 Å². The Morgan fingerprint density at radius 1 is 0.523 bits per heavy atom. The molecule has 1 fully saturated rings. The van der Waals surface area contributed by atoms with E-state index in [4.69, 9.17) is 0 Å². The first-order valence-electron chi connectivity index (χ1n) is 15.4. The molecule has 5 aromatic carbocycles. The van der Waals surface area contributed by atoms with Gasteiger partial charge in [-0.3, -0.25) is 20.4 Å². The molecule has 216 valence electrons. The van der Waals surface area contributed by atoms with Gasteiger partial charge in [-0.05, 0) is 55.3 Å². The molecule has 1 saturated carbocycles. The number of fused-ring (bicyclic) bond motifs is 6. The van der Waals surface area contributed by atoms with Crippen LogP contribution in [0, 0.1) is 5.92 Å². The Morgan fingerprint density at radius 3 is 1.36 bits per heavy atom. The van der Waals surface area contributed by atoms with Gasteiger partial charge in [0.2, 0.25) is 5.91 Å². The molecule has 1 aliphatic rings. The third-order valence-electron chi connectivity index (χ3n) is 9.12. The van der Waals surface area contributed by atoms with Crippen molar-refractivity contribution in [2.24, 2.45) is 5.92 Å². The number of hydrogen-bond donors (Lipinski definition) is 2. The predicted molar refractivity (Wildman–Crippen MR) is 177 cm³/mol. The molecule has 0 bridgehead atoms. The largest absolute Gasteiger partial charge is 0.309 e. The van der Waals surface area contributed by atoms with Gasteiger partial charge < -0.3 is 9.13 Å². The van der Waals surface area contributed by atoms with E-state index in [1.807, 2.05) is 36.4 Å². The molecule has 6 heteroatoms. The van der Waals surface area contributed by atoms with Gasteiger partial charge in [0, 0.05) is 44.4 Å². The van der Waals surface area contributed by atoms with Gasteiger partial charge in [-0.2, -0.15) is 0 Å². The molecule has 0 spiro atoms. The van der Waals surface area contributed by atoms with E-state index in [1.54, 1.807) is 0 Å². The average Bonchev–Trinajstić information content (AvgIpc) is 3.60. The summed E-state index contributed by atoms with van der Waals surface area (Å²) in [6.45, 7) is 0. The van der Waals surface area contributed by atoms with Crippen LogP contribution in [0.1, 0.15) is 42.5 Å². The monoisotopic (exact) mass is 576 g/mol. The third-order valence-corrected chi connectivity index (χ3v) is 9.12. The summed E-state index contributed by atoms with van der Waals surface area (Å²) in [4.78, 5) is 26.7. The zero-order valence-electron chi connectivity index (χ0n) is 24.3. The van der Waals surface area contributed by atoms with Crippen LogP contribution < -0.4 is 10.9 Å². The minimum atomic E-state index is -0.348. The van der Waals surface area contributed by atoms with E-state index in [0.717, 1.165) is 87.1 Å². The summed E-state index contributed by atoms with van der Waals surface area (Å²) >= 11 is 0. The second kappa shape index (κ2) is 10.7. The molecule has 2 aromatic heterocycles. The average molecular weight is 577 g/mol. The van der Waals surface area contributed by atoms with Crippen LogP contribution in [0.25, 0.3) is 55.0 Å². The summed E-state index contributed by atoms with van der Waals surface area (Å²) in [5.74, 6) is -0.515. The maximum atomic E-state index is 13.8. The zero-order chi connectivity index (χ0) is 29.6. The summed E-state index contributed by atoms with van der Waals surface area (Å²) < 4.78 is 4.44. The number of benzene rings is 5. The van der Waals surface area contributed by atoms with Crippen LogP contribution in [0.4, 0.5) is 0 Å². The topological polar surface area (TPSA) is 68.1 Å². The van der Waals surface area contributed by atoms with Crippen molar-refractivity contribution in [3.8, 4) is 11.4 Å². The lowest BCUT2D eigenvalue weighted by Gasteiger charge is -2.21. The Morgan fingerprint density at radius 2 is 0.932 bits per heavy atom. The summed E-state index contributed by atoms with van der Waals surface area (Å²) in [5.41, 5.74) is 11.9. The summed E-state index contributed by atoms with van der Waals surface area (Å²) in [7, 11) is 0. The fourth-order valence-electron chi connectivity index (χ4n) is 7.04. The molecule has 0 saturated heterocycles. The molecule has 6 nitrogen and oxygen atoms in total. The number of hydrogen-bond acceptors (Lipinski definition) is 2. The number of carbonyl (C=O) groups excluding carboxylic acids is 2. The van der Waals surface area contributed by atoms with E-state index in [-0.39, 0.29) is 17.7 Å². The SMILES string of the molecule is O=C(NNC(=O)C1CCCCC1)c1cc(-n2c3ccccc3c3ccccc32)cc(-n2c3ccccc3c3ccccc32)c1. The lowest BCUT2D eigenvalue weighted by Crippen LogP contribution is -2.45. The van der Waals surface area contributed by atoms with Gasteiger partial charge in [0.25, 0.3) is 5.91 Å². The number of aromatic nitrogens is 2. The van der Waals surface area contributed by atoms with E-state index in [2.05, 4.69) is 98.8 Å². The molecule has 7 aromatic rings. The number of nitrogens with one attached hydrogen (secondary N) is 2. The summed E-state index contributed by atoms with van der Waals surface area (Å²) in [5, 5.41) is 4.60. The Balaban J connectivity index is 1.32. The maximum absolute atomic E-state index is 13.8. The standard InChI is InChI=1S/C38H32N4O2/c43-37(25-12-2-1-3-13-25)39-40-38(44)26-22-27(41-33-18-8-4-14-29(33)30-15-5-9-19-34(30)41)24-28(23-26)42-35-20-10-6-16-31(35)32-17-7-11-21-36(32)42/h4-11,14-25H,1-3,12-13H2,(H,39,43)(H,40,44). The van der Waals surface area contributed by atoms with E-state index < -0.39 is 0 Å². The Kier molecular flexibility index (Phi) is 6.41. The molecule has 2 heterocycles. The first-order chi connectivity index (χ1) is 21.7. The molecule has 0 unspecified atom stereocenters. The second-order valence-corrected chi connectivity index (χ2v) is 11.8. The van der Waals surface area contributed by atoms with Crippen LogP contribution >= 0.6 is 0 Å². The summed E-state index contributed by atoms with van der Waals surface area (Å²) in [6, 6.07) is 39.4. The van der Waals surface area contributed by atoms with Crippen molar-refractivity contribution in [2.75, 3.05) is 0 Å². The van der Waals surface area contributed by atoms with Gasteiger partial charge in [-0.25, -0.2) is 0 Å². The lowest BCUT2D eigenvalue weighted by atomic mass is 9.89. The normalized spacial score (nSPS) is 14.0. The first kappa shape index (κ1) is 26.3. The van der Waals surface area contributed by atoms with E-state index in [0.29, 0.717) is 5.56 Å². The highest BCUT2D eigenvalue weighted by Gasteiger charge is 2.22. The van der Waals surface area contributed by atoms with Gasteiger partial charge >= 0.3 is 0 Å². The van der Waals surface area contributed by atoms with Crippen LogP contribution in [0.5, 0.6) is 0 Å². The maximum Gasteiger partial charge on any atom is 0.269 e. The quantitative estimate of drug-likeness (QED) is 0.207. The molecule has 2 N–H and O–H groups in total. The predicted octanol–water partition coefficient (Wildman–Crippen LogP) is 8.22. The summed E-state index contributed by atoms with van der Waals surface area (Å²) in [6.07, 6.45) is 4.99. The number of nitrogens with zero attached hydrogens (tertiary/aromatic N) is 2.